The van der Waals surface area contributed by atoms with E-state index < -0.39 is 0 Å². The van der Waals surface area contributed by atoms with Gasteiger partial charge in [-0.2, -0.15) is 0 Å². The maximum absolute atomic E-state index is 9.78. The van der Waals surface area contributed by atoms with Crippen LogP contribution in [0.4, 0.5) is 0 Å². The van der Waals surface area contributed by atoms with Gasteiger partial charge in [0.1, 0.15) is 5.75 Å². The molecule has 0 aliphatic heterocycles. The molecule has 0 saturated carbocycles. The number of benzene rings is 1. The Morgan fingerprint density at radius 2 is 2.06 bits per heavy atom. The Kier molecular flexibility index (Phi) is 4.50. The summed E-state index contributed by atoms with van der Waals surface area (Å²) in [4.78, 5) is 6.53. The Bertz CT molecular complexity index is 384. The van der Waals surface area contributed by atoms with E-state index in [9.17, 15) is 5.11 Å². The summed E-state index contributed by atoms with van der Waals surface area (Å²) in [6.45, 7) is 5.57. The fourth-order valence-corrected chi connectivity index (χ4v) is 1.45. The van der Waals surface area contributed by atoms with Crippen molar-refractivity contribution in [1.29, 1.82) is 0 Å². The van der Waals surface area contributed by atoms with Gasteiger partial charge in [-0.3, -0.25) is 4.99 Å². The number of nitrogens with zero attached hydrogens (tertiary/aromatic N) is 2. The molecule has 88 valence electrons. The first-order chi connectivity index (χ1) is 7.50. The maximum atomic E-state index is 9.78. The molecular weight excluding hydrogens is 200 g/mol. The van der Waals surface area contributed by atoms with Gasteiger partial charge in [0.2, 0.25) is 0 Å². The molecule has 1 aromatic rings. The van der Waals surface area contributed by atoms with Gasteiger partial charge >= 0.3 is 0 Å². The first-order valence-electron chi connectivity index (χ1n) is 5.46. The molecule has 0 saturated heterocycles. The van der Waals surface area contributed by atoms with E-state index in [0.29, 0.717) is 5.75 Å². The highest BCUT2D eigenvalue weighted by Crippen LogP contribution is 2.19. The van der Waals surface area contributed by atoms with Crippen molar-refractivity contribution in [3.05, 3.63) is 29.3 Å². The van der Waals surface area contributed by atoms with E-state index in [1.807, 2.05) is 40.1 Å². The number of aryl methyl sites for hydroxylation is 1. The Labute approximate surface area is 97.4 Å². The summed E-state index contributed by atoms with van der Waals surface area (Å²) in [5.74, 6) is 0.311. The lowest BCUT2D eigenvalue weighted by molar-refractivity contribution is 0.420. The lowest BCUT2D eigenvalue weighted by atomic mass is 10.1. The van der Waals surface area contributed by atoms with Gasteiger partial charge in [0.05, 0.1) is 6.54 Å². The zero-order valence-corrected chi connectivity index (χ0v) is 10.5. The number of aromatic hydroxyl groups is 1. The van der Waals surface area contributed by atoms with Crippen molar-refractivity contribution in [2.75, 3.05) is 27.2 Å². The van der Waals surface area contributed by atoms with Crippen molar-refractivity contribution < 1.29 is 5.11 Å². The zero-order valence-electron chi connectivity index (χ0n) is 10.5. The molecule has 1 aromatic carbocycles. The summed E-state index contributed by atoms with van der Waals surface area (Å²) in [5.41, 5.74) is 2.77. The van der Waals surface area contributed by atoms with Crippen molar-refractivity contribution in [2.45, 2.75) is 13.8 Å². The highest BCUT2D eigenvalue weighted by atomic mass is 16.3. The van der Waals surface area contributed by atoms with Gasteiger partial charge in [-0.1, -0.05) is 6.07 Å². The molecule has 3 nitrogen and oxygen atoms in total. The molecule has 3 heteroatoms. The predicted octanol–water partition coefficient (Wildman–Crippen LogP) is 2.07. The quantitative estimate of drug-likeness (QED) is 0.788. The van der Waals surface area contributed by atoms with E-state index in [2.05, 4.69) is 9.89 Å². The molecule has 0 unspecified atom stereocenters. The van der Waals surface area contributed by atoms with Crippen LogP contribution in [-0.2, 0) is 0 Å². The molecule has 0 aliphatic rings. The van der Waals surface area contributed by atoms with Crippen LogP contribution in [0.3, 0.4) is 0 Å². The van der Waals surface area contributed by atoms with E-state index in [-0.39, 0.29) is 0 Å². The monoisotopic (exact) mass is 220 g/mol. The van der Waals surface area contributed by atoms with E-state index in [1.54, 1.807) is 6.07 Å². The molecule has 0 aliphatic carbocycles. The minimum Gasteiger partial charge on any atom is -0.507 e. The number of phenolic OH excluding ortho intramolecular Hbond substituents is 1. The molecule has 16 heavy (non-hydrogen) atoms. The van der Waals surface area contributed by atoms with Crippen molar-refractivity contribution in [2.24, 2.45) is 4.99 Å². The summed E-state index contributed by atoms with van der Waals surface area (Å²) in [6.07, 6.45) is 0. The maximum Gasteiger partial charge on any atom is 0.124 e. The third-order valence-electron chi connectivity index (χ3n) is 2.44. The second-order valence-electron chi connectivity index (χ2n) is 4.29. The van der Waals surface area contributed by atoms with Crippen LogP contribution in [0.25, 0.3) is 0 Å². The van der Waals surface area contributed by atoms with Crippen molar-refractivity contribution in [1.82, 2.24) is 4.90 Å². The lowest BCUT2D eigenvalue weighted by Crippen LogP contribution is -2.16. The first kappa shape index (κ1) is 12.7. The van der Waals surface area contributed by atoms with Gasteiger partial charge < -0.3 is 10.0 Å². The molecule has 0 atom stereocenters. The van der Waals surface area contributed by atoms with E-state index in [1.165, 1.54) is 0 Å². The molecule has 0 spiro atoms. The minimum atomic E-state index is 0.311. The molecule has 0 heterocycles. The number of aliphatic imine (C=N–C) groups is 1. The molecule has 1 rings (SSSR count). The first-order valence-corrected chi connectivity index (χ1v) is 5.46. The number of likely N-dealkylation sites (N-methyl/N-ethyl adjacent to an activating group) is 1. The number of hydrogen-bond acceptors (Lipinski definition) is 3. The van der Waals surface area contributed by atoms with Crippen molar-refractivity contribution >= 4 is 5.71 Å². The highest BCUT2D eigenvalue weighted by Gasteiger charge is 2.03. The van der Waals surface area contributed by atoms with E-state index >= 15 is 0 Å². The van der Waals surface area contributed by atoms with Crippen molar-refractivity contribution in [3.8, 4) is 5.75 Å². The standard InChI is InChI=1S/C13H20N2O/c1-10-5-6-12(13(16)9-10)11(2)14-7-8-15(3)4/h5-6,9,16H,7-8H2,1-4H3. The van der Waals surface area contributed by atoms with Crippen LogP contribution in [0, 0.1) is 6.92 Å². The van der Waals surface area contributed by atoms with E-state index in [0.717, 1.165) is 29.9 Å². The smallest absolute Gasteiger partial charge is 0.124 e. The van der Waals surface area contributed by atoms with Gasteiger partial charge in [-0.05, 0) is 45.6 Å². The summed E-state index contributed by atoms with van der Waals surface area (Å²) >= 11 is 0. The van der Waals surface area contributed by atoms with Gasteiger partial charge in [0.15, 0.2) is 0 Å². The average molecular weight is 220 g/mol. The SMILES string of the molecule is CC(=NCCN(C)C)c1ccc(C)cc1O. The van der Waals surface area contributed by atoms with Gasteiger partial charge in [-0.25, -0.2) is 0 Å². The number of phenols is 1. The van der Waals surface area contributed by atoms with Crippen LogP contribution >= 0.6 is 0 Å². The lowest BCUT2D eigenvalue weighted by Gasteiger charge is -2.08. The Morgan fingerprint density at radius 3 is 2.62 bits per heavy atom. The normalized spacial score (nSPS) is 12.2. The molecule has 0 bridgehead atoms. The van der Waals surface area contributed by atoms with Gasteiger partial charge in [0, 0.05) is 17.8 Å². The van der Waals surface area contributed by atoms with Crippen LogP contribution in [0.5, 0.6) is 5.75 Å². The fraction of sp³-hybridized carbons (Fsp3) is 0.462. The molecule has 0 aromatic heterocycles. The third kappa shape index (κ3) is 3.66. The summed E-state index contributed by atoms with van der Waals surface area (Å²) in [5, 5.41) is 9.78. The zero-order chi connectivity index (χ0) is 12.1. The molecule has 0 amide bonds. The Morgan fingerprint density at radius 1 is 1.38 bits per heavy atom. The topological polar surface area (TPSA) is 35.8 Å². The van der Waals surface area contributed by atoms with Gasteiger partial charge in [-0.15, -0.1) is 0 Å². The van der Waals surface area contributed by atoms with Crippen molar-refractivity contribution in [3.63, 3.8) is 0 Å². The number of rotatable bonds is 4. The van der Waals surface area contributed by atoms with Gasteiger partial charge in [0.25, 0.3) is 0 Å². The summed E-state index contributed by atoms with van der Waals surface area (Å²) in [7, 11) is 4.04. The molecule has 0 fully saturated rings. The highest BCUT2D eigenvalue weighted by molar-refractivity contribution is 6.01. The molecule has 1 N–H and O–H groups in total. The molecule has 0 radical (unpaired) electrons. The second kappa shape index (κ2) is 5.66. The number of hydrogen-bond donors (Lipinski definition) is 1. The van der Waals surface area contributed by atoms with Crippen LogP contribution in [0.15, 0.2) is 23.2 Å². The predicted molar refractivity (Wildman–Crippen MR) is 68.5 cm³/mol. The summed E-state index contributed by atoms with van der Waals surface area (Å²) in [6, 6.07) is 5.67. The van der Waals surface area contributed by atoms with Crippen LogP contribution < -0.4 is 0 Å². The Balaban J connectivity index is 2.75. The minimum absolute atomic E-state index is 0.311. The van der Waals surface area contributed by atoms with Crippen LogP contribution in [0.1, 0.15) is 18.1 Å². The van der Waals surface area contributed by atoms with Crippen LogP contribution in [-0.4, -0.2) is 42.9 Å². The third-order valence-corrected chi connectivity index (χ3v) is 2.44. The molecular formula is C13H20N2O. The Hall–Kier alpha value is -1.35. The largest absolute Gasteiger partial charge is 0.507 e. The average Bonchev–Trinajstić information content (AvgIpc) is 2.16. The fourth-order valence-electron chi connectivity index (χ4n) is 1.45. The van der Waals surface area contributed by atoms with E-state index in [4.69, 9.17) is 0 Å². The van der Waals surface area contributed by atoms with Crippen LogP contribution in [0.2, 0.25) is 0 Å². The second-order valence-corrected chi connectivity index (χ2v) is 4.29. The summed E-state index contributed by atoms with van der Waals surface area (Å²) < 4.78 is 0.